The van der Waals surface area contributed by atoms with E-state index in [1.165, 1.54) is 18.2 Å². The van der Waals surface area contributed by atoms with E-state index in [0.29, 0.717) is 28.0 Å². The summed E-state index contributed by atoms with van der Waals surface area (Å²) < 4.78 is 40.6. The van der Waals surface area contributed by atoms with Gasteiger partial charge in [-0.15, -0.1) is 0 Å². The number of nitrogens with zero attached hydrogens (tertiary/aromatic N) is 3. The molecule has 0 fully saturated rings. The molecule has 4 aromatic rings. The molecule has 0 aliphatic carbocycles. The van der Waals surface area contributed by atoms with E-state index in [2.05, 4.69) is 20.7 Å². The maximum absolute atomic E-state index is 13.2. The summed E-state index contributed by atoms with van der Waals surface area (Å²) in [5.74, 6) is -1.13. The largest absolute Gasteiger partial charge is 0.416 e. The lowest BCUT2D eigenvalue weighted by atomic mass is 10.1. The zero-order chi connectivity index (χ0) is 24.6. The van der Waals surface area contributed by atoms with Crippen LogP contribution in [0.15, 0.2) is 54.6 Å². The summed E-state index contributed by atoms with van der Waals surface area (Å²) in [6, 6.07) is 12.2. The van der Waals surface area contributed by atoms with E-state index in [-0.39, 0.29) is 16.9 Å². The zero-order valence-electron chi connectivity index (χ0n) is 18.5. The van der Waals surface area contributed by atoms with E-state index >= 15 is 0 Å². The van der Waals surface area contributed by atoms with Crippen molar-refractivity contribution in [3.05, 3.63) is 82.7 Å². The van der Waals surface area contributed by atoms with Gasteiger partial charge in [0.05, 0.1) is 33.5 Å². The minimum Gasteiger partial charge on any atom is -0.322 e. The normalized spacial score (nSPS) is 11.5. The van der Waals surface area contributed by atoms with Crippen LogP contribution in [0.4, 0.5) is 24.5 Å². The Morgan fingerprint density at radius 2 is 1.62 bits per heavy atom. The van der Waals surface area contributed by atoms with Gasteiger partial charge in [-0.1, -0.05) is 18.2 Å². The quantitative estimate of drug-likeness (QED) is 0.437. The Labute approximate surface area is 192 Å². The molecule has 7 nitrogen and oxygen atoms in total. The first-order valence-electron chi connectivity index (χ1n) is 10.2. The molecule has 4 rings (SSSR count). The minimum atomic E-state index is -4.54. The van der Waals surface area contributed by atoms with Gasteiger partial charge in [-0.3, -0.25) is 14.3 Å². The monoisotopic (exact) mass is 467 g/mol. The first-order valence-corrected chi connectivity index (χ1v) is 10.2. The molecule has 0 saturated heterocycles. The highest BCUT2D eigenvalue weighted by molar-refractivity contribution is 6.16. The number of hydrogen-bond donors (Lipinski definition) is 2. The third-order valence-electron chi connectivity index (χ3n) is 5.21. The number of benzene rings is 2. The number of rotatable bonds is 4. The molecular formula is C24H20F3N5O2. The van der Waals surface area contributed by atoms with Crippen molar-refractivity contribution in [1.29, 1.82) is 0 Å². The summed E-state index contributed by atoms with van der Waals surface area (Å²) in [6.45, 7) is 3.53. The van der Waals surface area contributed by atoms with Crippen LogP contribution in [0.25, 0.3) is 11.0 Å². The van der Waals surface area contributed by atoms with Crippen LogP contribution in [-0.2, 0) is 13.2 Å². The number of hydrogen-bond acceptors (Lipinski definition) is 4. The number of halogens is 3. The van der Waals surface area contributed by atoms with Crippen LogP contribution < -0.4 is 10.6 Å². The average Bonchev–Trinajstić information content (AvgIpc) is 3.06. The summed E-state index contributed by atoms with van der Waals surface area (Å²) in [7, 11) is 1.73. The van der Waals surface area contributed by atoms with Crippen molar-refractivity contribution in [3.8, 4) is 0 Å². The van der Waals surface area contributed by atoms with Gasteiger partial charge in [0, 0.05) is 18.4 Å². The molecule has 0 saturated carbocycles. The molecular weight excluding hydrogens is 447 g/mol. The molecule has 0 atom stereocenters. The third kappa shape index (κ3) is 4.47. The van der Waals surface area contributed by atoms with Crippen LogP contribution in [0.5, 0.6) is 0 Å². The first-order chi connectivity index (χ1) is 16.0. The number of pyridine rings is 1. The standard InChI is InChI=1S/C24H20F3N5O2/c1-13-11-18(20-14(2)31-32(3)21(20)28-13)23(34)30-19-10-5-4-9-17(19)22(33)29-16-8-6-7-15(12-16)24(25,26)27/h4-12H,1-3H3,(H,29,33)(H,30,34). The number of fused-ring (bicyclic) bond motifs is 1. The lowest BCUT2D eigenvalue weighted by Gasteiger charge is -2.13. The van der Waals surface area contributed by atoms with E-state index < -0.39 is 23.6 Å². The molecule has 2 amide bonds. The van der Waals surface area contributed by atoms with Gasteiger partial charge < -0.3 is 10.6 Å². The number of anilines is 2. The van der Waals surface area contributed by atoms with Gasteiger partial charge in [0.25, 0.3) is 11.8 Å². The van der Waals surface area contributed by atoms with Crippen molar-refractivity contribution in [2.24, 2.45) is 7.05 Å². The molecule has 34 heavy (non-hydrogen) atoms. The molecule has 10 heteroatoms. The Bertz CT molecular complexity index is 1430. The predicted octanol–water partition coefficient (Wildman–Crippen LogP) is 5.11. The number of amides is 2. The minimum absolute atomic E-state index is 0.0154. The molecule has 0 radical (unpaired) electrons. The van der Waals surface area contributed by atoms with Crippen molar-refractivity contribution in [2.75, 3.05) is 10.6 Å². The van der Waals surface area contributed by atoms with Gasteiger partial charge >= 0.3 is 6.18 Å². The lowest BCUT2D eigenvalue weighted by molar-refractivity contribution is -0.137. The number of aromatic nitrogens is 3. The van der Waals surface area contributed by atoms with Crippen LogP contribution in [0.1, 0.15) is 37.7 Å². The van der Waals surface area contributed by atoms with E-state index in [9.17, 15) is 22.8 Å². The third-order valence-corrected chi connectivity index (χ3v) is 5.21. The predicted molar refractivity (Wildman–Crippen MR) is 122 cm³/mol. The number of para-hydroxylation sites is 1. The average molecular weight is 467 g/mol. The Hall–Kier alpha value is -4.21. The maximum atomic E-state index is 13.2. The molecule has 174 valence electrons. The van der Waals surface area contributed by atoms with E-state index in [4.69, 9.17) is 0 Å². The van der Waals surface area contributed by atoms with Gasteiger partial charge in [-0.05, 0) is 50.2 Å². The Morgan fingerprint density at radius 1 is 0.912 bits per heavy atom. The molecule has 0 aliphatic heterocycles. The fourth-order valence-electron chi connectivity index (χ4n) is 3.70. The summed E-state index contributed by atoms with van der Waals surface area (Å²) in [5, 5.41) is 10.1. The van der Waals surface area contributed by atoms with Crippen LogP contribution >= 0.6 is 0 Å². The van der Waals surface area contributed by atoms with Crippen molar-refractivity contribution in [1.82, 2.24) is 14.8 Å². The zero-order valence-corrected chi connectivity index (χ0v) is 18.5. The fraction of sp³-hybridized carbons (Fsp3) is 0.167. The summed E-state index contributed by atoms with van der Waals surface area (Å²) in [4.78, 5) is 30.5. The van der Waals surface area contributed by atoms with Crippen LogP contribution in [0, 0.1) is 13.8 Å². The topological polar surface area (TPSA) is 88.9 Å². The van der Waals surface area contributed by atoms with E-state index in [1.807, 2.05) is 0 Å². The Kier molecular flexibility index (Phi) is 5.82. The number of carbonyl (C=O) groups excluding carboxylic acids is 2. The maximum Gasteiger partial charge on any atom is 0.416 e. The Balaban J connectivity index is 1.63. The molecule has 2 heterocycles. The smallest absolute Gasteiger partial charge is 0.322 e. The molecule has 0 aliphatic rings. The Morgan fingerprint density at radius 3 is 2.35 bits per heavy atom. The highest BCUT2D eigenvalue weighted by Crippen LogP contribution is 2.31. The van der Waals surface area contributed by atoms with Gasteiger partial charge in [0.1, 0.15) is 0 Å². The molecule has 2 aromatic heterocycles. The number of nitrogens with one attached hydrogen (secondary N) is 2. The molecule has 2 N–H and O–H groups in total. The second-order valence-corrected chi connectivity index (χ2v) is 7.75. The first kappa shape index (κ1) is 23.0. The van der Waals surface area contributed by atoms with Crippen molar-refractivity contribution < 1.29 is 22.8 Å². The van der Waals surface area contributed by atoms with Crippen LogP contribution in [0.2, 0.25) is 0 Å². The van der Waals surface area contributed by atoms with Crippen LogP contribution in [-0.4, -0.2) is 26.6 Å². The van der Waals surface area contributed by atoms with E-state index in [0.717, 1.165) is 12.1 Å². The second kappa shape index (κ2) is 8.62. The van der Waals surface area contributed by atoms with Crippen molar-refractivity contribution >= 4 is 34.2 Å². The highest BCUT2D eigenvalue weighted by atomic mass is 19.4. The van der Waals surface area contributed by atoms with Crippen LogP contribution in [0.3, 0.4) is 0 Å². The number of carbonyl (C=O) groups is 2. The van der Waals surface area contributed by atoms with Crippen molar-refractivity contribution in [2.45, 2.75) is 20.0 Å². The summed E-state index contributed by atoms with van der Waals surface area (Å²) in [5.41, 5.74) is 1.56. The number of aryl methyl sites for hydroxylation is 3. The lowest BCUT2D eigenvalue weighted by Crippen LogP contribution is -2.19. The van der Waals surface area contributed by atoms with Gasteiger partial charge in [0.15, 0.2) is 5.65 Å². The summed E-state index contributed by atoms with van der Waals surface area (Å²) >= 11 is 0. The SMILES string of the molecule is Cc1cc(C(=O)Nc2ccccc2C(=O)Nc2cccc(C(F)(F)F)c2)c2c(C)nn(C)c2n1. The molecule has 2 aromatic carbocycles. The second-order valence-electron chi connectivity index (χ2n) is 7.75. The van der Waals surface area contributed by atoms with Gasteiger partial charge in [-0.2, -0.15) is 18.3 Å². The molecule has 0 unspecified atom stereocenters. The van der Waals surface area contributed by atoms with Gasteiger partial charge in [0.2, 0.25) is 0 Å². The summed E-state index contributed by atoms with van der Waals surface area (Å²) in [6.07, 6.45) is -4.54. The molecule has 0 bridgehead atoms. The van der Waals surface area contributed by atoms with E-state index in [1.54, 1.807) is 49.8 Å². The fourth-order valence-corrected chi connectivity index (χ4v) is 3.70. The highest BCUT2D eigenvalue weighted by Gasteiger charge is 2.30. The number of alkyl halides is 3. The van der Waals surface area contributed by atoms with Crippen molar-refractivity contribution in [3.63, 3.8) is 0 Å². The van der Waals surface area contributed by atoms with Gasteiger partial charge in [-0.25, -0.2) is 4.98 Å². The molecule has 0 spiro atoms.